The van der Waals surface area contributed by atoms with Crippen LogP contribution in [0, 0.1) is 6.92 Å². The molecule has 1 aliphatic rings. The third kappa shape index (κ3) is 1.75. The third-order valence-electron chi connectivity index (χ3n) is 2.06. The van der Waals surface area contributed by atoms with Gasteiger partial charge in [0.15, 0.2) is 5.11 Å². The number of aryl methyl sites for hydroxylation is 1. The molecular formula is C10H10N2S. The molecule has 1 aromatic carbocycles. The number of hydrogen-bond donors (Lipinski definition) is 1. The van der Waals surface area contributed by atoms with E-state index in [1.165, 1.54) is 11.1 Å². The minimum atomic E-state index is 0.160. The molecule has 1 unspecified atom stereocenters. The Morgan fingerprint density at radius 1 is 1.31 bits per heavy atom. The van der Waals surface area contributed by atoms with Gasteiger partial charge in [-0.05, 0) is 24.7 Å². The van der Waals surface area contributed by atoms with E-state index < -0.39 is 0 Å². The molecule has 1 aliphatic heterocycles. The summed E-state index contributed by atoms with van der Waals surface area (Å²) in [5.41, 5.74) is 2.47. The first-order valence-electron chi connectivity index (χ1n) is 4.17. The molecular weight excluding hydrogens is 180 g/mol. The molecule has 0 aliphatic carbocycles. The Kier molecular flexibility index (Phi) is 2.10. The minimum absolute atomic E-state index is 0.160. The van der Waals surface area contributed by atoms with E-state index in [1.807, 2.05) is 6.21 Å². The molecule has 66 valence electrons. The van der Waals surface area contributed by atoms with Gasteiger partial charge in [-0.3, -0.25) is 0 Å². The van der Waals surface area contributed by atoms with Gasteiger partial charge in [0.25, 0.3) is 0 Å². The minimum Gasteiger partial charge on any atom is -0.349 e. The highest BCUT2D eigenvalue weighted by Gasteiger charge is 2.14. The van der Waals surface area contributed by atoms with Gasteiger partial charge in [-0.2, -0.15) is 0 Å². The van der Waals surface area contributed by atoms with Crippen molar-refractivity contribution < 1.29 is 0 Å². The summed E-state index contributed by atoms with van der Waals surface area (Å²) >= 11 is 4.91. The van der Waals surface area contributed by atoms with Crippen LogP contribution in [0.1, 0.15) is 17.2 Å². The van der Waals surface area contributed by atoms with Crippen LogP contribution in [0.25, 0.3) is 0 Å². The molecule has 1 N–H and O–H groups in total. The second-order valence-electron chi connectivity index (χ2n) is 3.12. The number of hydrogen-bond acceptors (Lipinski definition) is 1. The van der Waals surface area contributed by atoms with E-state index in [9.17, 15) is 0 Å². The molecule has 1 atom stereocenters. The lowest BCUT2D eigenvalue weighted by Crippen LogP contribution is -2.19. The molecule has 3 heteroatoms. The fourth-order valence-corrected chi connectivity index (χ4v) is 1.48. The Bertz CT molecular complexity index is 354. The Labute approximate surface area is 82.7 Å². The van der Waals surface area contributed by atoms with Crippen LogP contribution in [0.5, 0.6) is 0 Å². The smallest absolute Gasteiger partial charge is 0.193 e. The largest absolute Gasteiger partial charge is 0.349 e. The quantitative estimate of drug-likeness (QED) is 0.685. The third-order valence-corrected chi connectivity index (χ3v) is 2.28. The van der Waals surface area contributed by atoms with Crippen LogP contribution in [-0.2, 0) is 0 Å². The van der Waals surface area contributed by atoms with Crippen molar-refractivity contribution in [3.8, 4) is 0 Å². The van der Waals surface area contributed by atoms with Gasteiger partial charge in [0.2, 0.25) is 0 Å². The summed E-state index contributed by atoms with van der Waals surface area (Å²) in [5.74, 6) is 0. The van der Waals surface area contributed by atoms with Gasteiger partial charge < -0.3 is 5.32 Å². The lowest BCUT2D eigenvalue weighted by atomic mass is 10.1. The van der Waals surface area contributed by atoms with E-state index in [0.29, 0.717) is 5.11 Å². The summed E-state index contributed by atoms with van der Waals surface area (Å²) in [4.78, 5) is 4.01. The van der Waals surface area contributed by atoms with Crippen molar-refractivity contribution in [2.75, 3.05) is 0 Å². The summed E-state index contributed by atoms with van der Waals surface area (Å²) in [5, 5.41) is 3.67. The summed E-state index contributed by atoms with van der Waals surface area (Å²) < 4.78 is 0. The van der Waals surface area contributed by atoms with E-state index in [2.05, 4.69) is 41.5 Å². The van der Waals surface area contributed by atoms with Gasteiger partial charge in [0, 0.05) is 6.21 Å². The molecule has 2 rings (SSSR count). The highest BCUT2D eigenvalue weighted by molar-refractivity contribution is 7.80. The van der Waals surface area contributed by atoms with Crippen molar-refractivity contribution in [2.45, 2.75) is 13.0 Å². The van der Waals surface area contributed by atoms with E-state index in [-0.39, 0.29) is 6.04 Å². The molecule has 0 spiro atoms. The van der Waals surface area contributed by atoms with Crippen molar-refractivity contribution >= 4 is 23.5 Å². The molecule has 0 amide bonds. The summed E-state index contributed by atoms with van der Waals surface area (Å²) in [6, 6.07) is 8.52. The lowest BCUT2D eigenvalue weighted by molar-refractivity contribution is 0.880. The first-order valence-corrected chi connectivity index (χ1v) is 4.58. The average molecular weight is 190 g/mol. The molecule has 2 nitrogen and oxygen atoms in total. The standard InChI is InChI=1S/C10H10N2S/c1-7-2-4-8(5-3-7)9-6-11-10(13)12-9/h2-6,9H,1H3,(H,12,13). The van der Waals surface area contributed by atoms with Gasteiger partial charge in [-0.15, -0.1) is 0 Å². The second kappa shape index (κ2) is 3.26. The Hall–Kier alpha value is -1.22. The van der Waals surface area contributed by atoms with Crippen LogP contribution in [0.4, 0.5) is 0 Å². The maximum absolute atomic E-state index is 4.91. The molecule has 0 radical (unpaired) electrons. The number of nitrogens with one attached hydrogen (secondary N) is 1. The van der Waals surface area contributed by atoms with Crippen molar-refractivity contribution in [3.05, 3.63) is 35.4 Å². The highest BCUT2D eigenvalue weighted by Crippen LogP contribution is 2.15. The van der Waals surface area contributed by atoms with Crippen molar-refractivity contribution in [3.63, 3.8) is 0 Å². The van der Waals surface area contributed by atoms with Crippen molar-refractivity contribution in [2.24, 2.45) is 4.99 Å². The number of nitrogens with zero attached hydrogens (tertiary/aromatic N) is 1. The van der Waals surface area contributed by atoms with Crippen LogP contribution >= 0.6 is 12.2 Å². The second-order valence-corrected chi connectivity index (χ2v) is 3.50. The van der Waals surface area contributed by atoms with Crippen LogP contribution < -0.4 is 5.32 Å². The van der Waals surface area contributed by atoms with Crippen LogP contribution in [-0.4, -0.2) is 11.3 Å². The number of rotatable bonds is 1. The fourth-order valence-electron chi connectivity index (χ4n) is 1.29. The van der Waals surface area contributed by atoms with E-state index in [4.69, 9.17) is 12.2 Å². The molecule has 13 heavy (non-hydrogen) atoms. The zero-order chi connectivity index (χ0) is 9.26. The van der Waals surface area contributed by atoms with Crippen molar-refractivity contribution in [1.29, 1.82) is 0 Å². The molecule has 0 saturated heterocycles. The van der Waals surface area contributed by atoms with E-state index in [1.54, 1.807) is 0 Å². The lowest BCUT2D eigenvalue weighted by Gasteiger charge is -2.08. The zero-order valence-electron chi connectivity index (χ0n) is 7.32. The first-order chi connectivity index (χ1) is 6.25. The summed E-state index contributed by atoms with van der Waals surface area (Å²) in [6.45, 7) is 2.07. The first kappa shape index (κ1) is 8.38. The van der Waals surface area contributed by atoms with Gasteiger partial charge in [-0.25, -0.2) is 4.99 Å². The van der Waals surface area contributed by atoms with E-state index in [0.717, 1.165) is 0 Å². The summed E-state index contributed by atoms with van der Waals surface area (Å²) in [6.07, 6.45) is 1.84. The van der Waals surface area contributed by atoms with Crippen LogP contribution in [0.15, 0.2) is 29.3 Å². The highest BCUT2D eigenvalue weighted by atomic mass is 32.1. The predicted molar refractivity (Wildman–Crippen MR) is 58.1 cm³/mol. The topological polar surface area (TPSA) is 24.4 Å². The Morgan fingerprint density at radius 2 is 2.00 bits per heavy atom. The summed E-state index contributed by atoms with van der Waals surface area (Å²) in [7, 11) is 0. The van der Waals surface area contributed by atoms with Gasteiger partial charge >= 0.3 is 0 Å². The molecule has 1 heterocycles. The molecule has 0 bridgehead atoms. The number of aliphatic imine (C=N–C) groups is 1. The van der Waals surface area contributed by atoms with Gasteiger partial charge in [-0.1, -0.05) is 29.8 Å². The SMILES string of the molecule is Cc1ccc(C2C=NC(=S)N2)cc1. The molecule has 0 aromatic heterocycles. The van der Waals surface area contributed by atoms with Crippen LogP contribution in [0.2, 0.25) is 0 Å². The number of benzene rings is 1. The molecule has 0 saturated carbocycles. The van der Waals surface area contributed by atoms with Gasteiger partial charge in [0.05, 0.1) is 6.04 Å². The zero-order valence-corrected chi connectivity index (χ0v) is 8.14. The molecule has 1 aromatic rings. The predicted octanol–water partition coefficient (Wildman–Crippen LogP) is 2.00. The monoisotopic (exact) mass is 190 g/mol. The average Bonchev–Trinajstić information content (AvgIpc) is 2.53. The van der Waals surface area contributed by atoms with Gasteiger partial charge in [0.1, 0.15) is 0 Å². The van der Waals surface area contributed by atoms with E-state index >= 15 is 0 Å². The maximum Gasteiger partial charge on any atom is 0.193 e. The fraction of sp³-hybridized carbons (Fsp3) is 0.200. The molecule has 0 fully saturated rings. The maximum atomic E-state index is 4.91. The Morgan fingerprint density at radius 3 is 2.54 bits per heavy atom. The van der Waals surface area contributed by atoms with Crippen LogP contribution in [0.3, 0.4) is 0 Å². The Balaban J connectivity index is 2.22. The normalized spacial score (nSPS) is 20.4. The van der Waals surface area contributed by atoms with Crippen molar-refractivity contribution in [1.82, 2.24) is 5.32 Å². The number of thiocarbonyl (C=S) groups is 1.